The minimum atomic E-state index is -0.814. The molecule has 80 heavy (non-hydrogen) atoms. The molecule has 0 spiro atoms. The van der Waals surface area contributed by atoms with Gasteiger partial charge in [0, 0.05) is 100 Å². The number of imidazole rings is 3. The highest BCUT2D eigenvalue weighted by Gasteiger charge is 2.39. The number of ether oxygens (including phenoxy) is 1. The number of nitrogens with two attached hydrogens (primary N) is 1. The van der Waals surface area contributed by atoms with E-state index < -0.39 is 54.9 Å². The molecule has 0 radical (unpaired) electrons. The van der Waals surface area contributed by atoms with Crippen molar-refractivity contribution in [3.8, 4) is 0 Å². The average Bonchev–Trinajstić information content (AvgIpc) is 4.33. The lowest BCUT2D eigenvalue weighted by molar-refractivity contribution is 0.0193. The highest BCUT2D eigenvalue weighted by Crippen LogP contribution is 2.37. The number of fused-ring (bicyclic) bond motifs is 3. The summed E-state index contributed by atoms with van der Waals surface area (Å²) >= 11 is 0. The molecule has 420 valence electrons. The molecule has 2 saturated carbocycles. The molecule has 3 amide bonds. The number of nitrogen functional groups attached to an aromatic ring is 1. The van der Waals surface area contributed by atoms with E-state index in [0.717, 1.165) is 74.9 Å². The molecule has 8 aromatic rings. The van der Waals surface area contributed by atoms with Gasteiger partial charge in [-0.25, -0.2) is 66.0 Å². The Bertz CT molecular complexity index is 3530. The van der Waals surface area contributed by atoms with Crippen molar-refractivity contribution in [1.82, 2.24) is 53.0 Å². The smallest absolute Gasteiger partial charge is 0.410 e. The normalized spacial score (nSPS) is 15.4. The quantitative estimate of drug-likeness (QED) is 0.0816. The van der Waals surface area contributed by atoms with Gasteiger partial charge >= 0.3 is 6.09 Å². The lowest BCUT2D eigenvalue weighted by Gasteiger charge is -2.42. The number of halogens is 6. The number of rotatable bonds is 15. The van der Waals surface area contributed by atoms with Crippen LogP contribution in [0.15, 0.2) is 80.2 Å². The third-order valence-corrected chi connectivity index (χ3v) is 13.7. The number of amides is 3. The molecule has 0 atom stereocenters. The highest BCUT2D eigenvalue weighted by molar-refractivity contribution is 6.03. The van der Waals surface area contributed by atoms with Crippen molar-refractivity contribution >= 4 is 63.5 Å². The summed E-state index contributed by atoms with van der Waals surface area (Å²) in [7, 11) is 0. The van der Waals surface area contributed by atoms with Crippen molar-refractivity contribution in [3.05, 3.63) is 126 Å². The van der Waals surface area contributed by atoms with Crippen LogP contribution in [-0.4, -0.2) is 115 Å². The van der Waals surface area contributed by atoms with Gasteiger partial charge in [-0.05, 0) is 51.9 Å². The SMILES string of the molecule is CC(C)(C)OC(=O)N(CC1CN(c2cnc(C(=O)Nc3cc(F)c4nc(CF)cn4c3)cn2)C1)C1CC1.Nc1cc(F)c2nc(CF)cn2c1.O=C(Nc1cc(F)c2nc(CF)cn2c1)c1cnc(N2CC(CCC3CC3)C2)cn1. The van der Waals surface area contributed by atoms with Crippen LogP contribution in [0.4, 0.5) is 59.8 Å². The Labute approximate surface area is 454 Å². The lowest BCUT2D eigenvalue weighted by Crippen LogP contribution is -2.53. The van der Waals surface area contributed by atoms with E-state index in [4.69, 9.17) is 10.5 Å². The molecule has 4 N–H and O–H groups in total. The minimum absolute atomic E-state index is 0.00905. The fraction of sp³-hybridized carbons (Fsp3) is 0.407. The number of hydrogen-bond donors (Lipinski definition) is 3. The zero-order chi connectivity index (χ0) is 56.4. The van der Waals surface area contributed by atoms with Crippen LogP contribution in [0.2, 0.25) is 0 Å². The molecule has 26 heteroatoms. The summed E-state index contributed by atoms with van der Waals surface area (Å²) in [5.41, 5.74) is 6.27. The molecule has 12 rings (SSSR count). The summed E-state index contributed by atoms with van der Waals surface area (Å²) in [6, 6.07) is 3.68. The second-order valence-electron chi connectivity index (χ2n) is 21.4. The van der Waals surface area contributed by atoms with Gasteiger partial charge in [0.1, 0.15) is 48.6 Å². The van der Waals surface area contributed by atoms with Crippen molar-refractivity contribution in [3.63, 3.8) is 0 Å². The molecule has 0 bridgehead atoms. The zero-order valence-electron chi connectivity index (χ0n) is 44.0. The molecular formula is C54H58F6N16O4. The molecule has 2 aliphatic heterocycles. The standard InChI is InChI=1S/C25H29F2N7O3.C21H22F2N6O.C8H7F2N3/c1-25(2,3)37-24(36)34(18-4-5-18)12-15-10-32(11-15)21-9-28-20(8-29-21)23(35)31-16-6-19(27)22-30-17(7-26)14-33(22)13-16;22-6-16-12-29-11-15(5-17(23)20(29)26-16)27-21(30)18-7-25-19(8-24-18)28-9-14(10-28)4-3-13-1-2-13;9-2-6-4-13-3-5(11)1-7(10)8(13)12-6/h6,8-9,13-15,18H,4-5,7,10-12H2,1-3H3,(H,31,35);5,7-8,11-14H,1-4,6,9-10H2,(H,27,30);1,3-4H,2,11H2. The Kier molecular flexibility index (Phi) is 15.8. The summed E-state index contributed by atoms with van der Waals surface area (Å²) in [4.78, 5) is 72.3. The van der Waals surface area contributed by atoms with Gasteiger partial charge in [0.25, 0.3) is 11.8 Å². The van der Waals surface area contributed by atoms with Crippen LogP contribution < -0.4 is 26.2 Å². The first kappa shape index (κ1) is 54.8. The Morgan fingerprint density at radius 3 is 1.45 bits per heavy atom. The first-order valence-electron chi connectivity index (χ1n) is 26.1. The number of carbonyl (C=O) groups excluding carboxylic acids is 3. The predicted octanol–water partition coefficient (Wildman–Crippen LogP) is 8.96. The number of alkyl halides is 3. The Morgan fingerprint density at radius 2 is 1.04 bits per heavy atom. The van der Waals surface area contributed by atoms with Gasteiger partial charge in [0.15, 0.2) is 34.4 Å². The van der Waals surface area contributed by atoms with E-state index in [9.17, 15) is 40.7 Å². The third-order valence-electron chi connectivity index (χ3n) is 13.7. The first-order chi connectivity index (χ1) is 38.4. The zero-order valence-corrected chi connectivity index (χ0v) is 44.0. The summed E-state index contributed by atoms with van der Waals surface area (Å²) in [5.74, 6) is 0.454. The minimum Gasteiger partial charge on any atom is -0.444 e. The van der Waals surface area contributed by atoms with E-state index in [0.29, 0.717) is 18.3 Å². The van der Waals surface area contributed by atoms with Crippen LogP contribution in [0.3, 0.4) is 0 Å². The van der Waals surface area contributed by atoms with E-state index in [2.05, 4.69) is 50.4 Å². The van der Waals surface area contributed by atoms with Crippen LogP contribution in [0.25, 0.3) is 16.9 Å². The first-order valence-corrected chi connectivity index (χ1v) is 26.1. The van der Waals surface area contributed by atoms with E-state index in [1.165, 1.54) is 94.7 Å². The van der Waals surface area contributed by atoms with Gasteiger partial charge in [0.05, 0.1) is 58.9 Å². The van der Waals surface area contributed by atoms with Crippen LogP contribution in [0.1, 0.15) is 97.4 Å². The molecule has 2 aliphatic carbocycles. The number of nitrogens with one attached hydrogen (secondary N) is 2. The maximum absolute atomic E-state index is 14.3. The van der Waals surface area contributed by atoms with Crippen LogP contribution in [-0.2, 0) is 24.8 Å². The van der Waals surface area contributed by atoms with Gasteiger partial charge in [-0.15, -0.1) is 0 Å². The van der Waals surface area contributed by atoms with Gasteiger partial charge in [-0.1, -0.05) is 19.3 Å². The van der Waals surface area contributed by atoms with Gasteiger partial charge in [0.2, 0.25) is 0 Å². The van der Waals surface area contributed by atoms with Crippen LogP contribution in [0, 0.1) is 35.2 Å². The van der Waals surface area contributed by atoms with Crippen LogP contribution >= 0.6 is 0 Å². The molecular weight excluding hydrogens is 1050 g/mol. The molecule has 4 aliphatic rings. The van der Waals surface area contributed by atoms with Gasteiger partial charge in [-0.2, -0.15) is 0 Å². The van der Waals surface area contributed by atoms with Crippen molar-refractivity contribution in [1.29, 1.82) is 0 Å². The van der Waals surface area contributed by atoms with Gasteiger partial charge in [-0.3, -0.25) is 9.59 Å². The summed E-state index contributed by atoms with van der Waals surface area (Å²) in [6.45, 7) is 7.32. The number of anilines is 5. The number of hydrogen-bond acceptors (Lipinski definition) is 14. The van der Waals surface area contributed by atoms with E-state index in [1.54, 1.807) is 6.20 Å². The monoisotopic (exact) mass is 1110 g/mol. The Balaban J connectivity index is 0.000000149. The maximum atomic E-state index is 14.3. The maximum Gasteiger partial charge on any atom is 0.410 e. The highest BCUT2D eigenvalue weighted by atomic mass is 19.1. The van der Waals surface area contributed by atoms with E-state index in [-0.39, 0.29) is 74.6 Å². The van der Waals surface area contributed by atoms with Gasteiger partial charge < -0.3 is 49.0 Å². The largest absolute Gasteiger partial charge is 0.444 e. The Morgan fingerprint density at radius 1 is 0.600 bits per heavy atom. The second kappa shape index (κ2) is 23.0. The predicted molar refractivity (Wildman–Crippen MR) is 284 cm³/mol. The van der Waals surface area contributed by atoms with Crippen molar-refractivity contribution < 1.29 is 45.5 Å². The van der Waals surface area contributed by atoms with E-state index >= 15 is 0 Å². The molecule has 8 aromatic heterocycles. The van der Waals surface area contributed by atoms with E-state index in [1.807, 2.05) is 30.6 Å². The van der Waals surface area contributed by atoms with Crippen molar-refractivity contribution in [2.45, 2.75) is 91.0 Å². The number of carbonyl (C=O) groups is 3. The average molecular weight is 1110 g/mol. The molecule has 4 fully saturated rings. The Hall–Kier alpha value is -8.58. The molecule has 10 heterocycles. The topological polar surface area (TPSA) is 224 Å². The lowest BCUT2D eigenvalue weighted by atomic mass is 9.93. The molecule has 2 saturated heterocycles. The number of pyridine rings is 3. The summed E-state index contributed by atoms with van der Waals surface area (Å²) < 4.78 is 88.9. The fourth-order valence-electron chi connectivity index (χ4n) is 9.31. The summed E-state index contributed by atoms with van der Waals surface area (Å²) in [5, 5.41) is 5.18. The molecule has 0 unspecified atom stereocenters. The number of aromatic nitrogens is 10. The van der Waals surface area contributed by atoms with Crippen molar-refractivity contribution in [2.24, 2.45) is 17.8 Å². The van der Waals surface area contributed by atoms with Crippen LogP contribution in [0.5, 0.6) is 0 Å². The fourth-order valence-corrected chi connectivity index (χ4v) is 9.31. The molecule has 20 nitrogen and oxygen atoms in total. The van der Waals surface area contributed by atoms with Crippen molar-refractivity contribution in [2.75, 3.05) is 58.9 Å². The number of nitrogens with zero attached hydrogens (tertiary/aromatic N) is 13. The molecule has 0 aromatic carbocycles. The third kappa shape index (κ3) is 13.1. The second-order valence-corrected chi connectivity index (χ2v) is 21.4. The summed E-state index contributed by atoms with van der Waals surface area (Å²) in [6.07, 6.45) is 21.6.